The average Bonchev–Trinajstić information content (AvgIpc) is 1.62. The van der Waals surface area contributed by atoms with Crippen LogP contribution in [0.1, 0.15) is 80.1 Å². The number of nitrogens with zero attached hydrogens (tertiary/aromatic N) is 8. The second-order valence-electron chi connectivity index (χ2n) is 29.0. The Hall–Kier alpha value is -11.8. The van der Waals surface area contributed by atoms with Gasteiger partial charge < -0.3 is 120 Å². The molecule has 16 rings (SSSR count). The van der Waals surface area contributed by atoms with Crippen molar-refractivity contribution in [2.24, 2.45) is 0 Å². The molecule has 8 aromatic carbocycles. The number of aryl methyl sites for hydroxylation is 2. The van der Waals surface area contributed by atoms with Gasteiger partial charge in [-0.25, -0.2) is 0 Å². The van der Waals surface area contributed by atoms with E-state index >= 15 is 0 Å². The molecule has 5 atom stereocenters. The maximum Gasteiger partial charge on any atom is 0.125 e. The zero-order valence-electron chi connectivity index (χ0n) is 95.2. The second-order valence-corrected chi connectivity index (χ2v) is 29.0. The molecule has 640 valence electrons. The van der Waals surface area contributed by atoms with Gasteiger partial charge in [-0.05, 0) is 305 Å². The van der Waals surface area contributed by atoms with E-state index in [9.17, 15) is 40.9 Å². The SMILES string of the molecule is [2H]C(CN(C)C([2H])([2H])[2H])c1c[nH]c2cccc(O)c12.[2H]C(CN(C)C([2H])([2H])[2H])c1c[nH]c2cccc(O)c12.[2H]C(CN(C)C)c1c[nH]c2cccc(O)c12.[2H]C(Cc1c[nH]c2cccc(O)c12)N(C)C.[2H]C(Cc1c[nH]c2cccc(O)c12)N(C)C([2H])([2H])[2H].[2H]C([2H])(CN(C)C([2H])([2H])[2H])c1c[nH]c2cccc(O)c12.[2H]C([2H])(CN(C)C([2H])([2H])[2H])c1c[nH]c2cccc(O)c12.[2H]C([2H])(CN(C)C)c1c[nH]c2cccc(O)c12. The highest BCUT2D eigenvalue weighted by Gasteiger charge is 2.16. The number of phenols is 8. The van der Waals surface area contributed by atoms with Crippen molar-refractivity contribution >= 4 is 87.2 Å². The van der Waals surface area contributed by atoms with E-state index in [0.29, 0.717) is 73.0 Å². The van der Waals surface area contributed by atoms with Gasteiger partial charge >= 0.3 is 0 Å². The first-order valence-electron chi connectivity index (χ1n) is 51.6. The summed E-state index contributed by atoms with van der Waals surface area (Å²) in [6.45, 7) is -12.2. The molecule has 0 aliphatic rings. The number of aromatic nitrogens is 8. The summed E-state index contributed by atoms with van der Waals surface area (Å²) in [5.41, 5.74) is 10.8. The number of hydrogen-bond acceptors (Lipinski definition) is 16. The lowest BCUT2D eigenvalue weighted by atomic mass is 10.1. The van der Waals surface area contributed by atoms with E-state index in [1.165, 1.54) is 59.8 Å². The fourth-order valence-electron chi connectivity index (χ4n) is 12.7. The van der Waals surface area contributed by atoms with E-state index in [2.05, 4.69) is 39.9 Å². The van der Waals surface area contributed by atoms with Crippen LogP contribution >= 0.6 is 0 Å². The number of H-pyrrole nitrogens is 8. The predicted octanol–water partition coefficient (Wildman–Crippen LogP) is 15.8. The minimum absolute atomic E-state index is 0.0286. The largest absolute Gasteiger partial charge is 0.507 e. The van der Waals surface area contributed by atoms with Gasteiger partial charge in [-0.2, -0.15) is 0 Å². The Morgan fingerprint density at radius 1 is 0.225 bits per heavy atom. The Balaban J connectivity index is 0.000000186. The average molecular weight is 1660 g/mol. The fourth-order valence-corrected chi connectivity index (χ4v) is 12.7. The maximum absolute atomic E-state index is 9.89. The summed E-state index contributed by atoms with van der Waals surface area (Å²) in [6.07, 6.45) is 6.95. The summed E-state index contributed by atoms with van der Waals surface area (Å²) in [5, 5.41) is 83.5. The Bertz CT molecular complexity index is 6720. The molecule has 0 bridgehead atoms. The Morgan fingerprint density at radius 3 is 0.633 bits per heavy atom. The van der Waals surface area contributed by atoms with Crippen LogP contribution in [-0.4, -0.2) is 285 Å². The first-order valence-corrected chi connectivity index (χ1v) is 38.2. The van der Waals surface area contributed by atoms with E-state index in [-0.39, 0.29) is 109 Å². The van der Waals surface area contributed by atoms with Crippen LogP contribution in [0, 0.1) is 0 Å². The topological polar surface area (TPSA) is 314 Å². The third kappa shape index (κ3) is 26.1. The molecule has 16 aromatic rings. The third-order valence-corrected chi connectivity index (χ3v) is 18.4. The number of hydrogen-bond donors (Lipinski definition) is 16. The predicted molar refractivity (Wildman–Crippen MR) is 498 cm³/mol. The fraction of sp³-hybridized carbons (Fsp3) is 0.333. The van der Waals surface area contributed by atoms with Crippen LogP contribution in [0.3, 0.4) is 0 Å². The van der Waals surface area contributed by atoms with E-state index < -0.39 is 73.3 Å². The van der Waals surface area contributed by atoms with Gasteiger partial charge in [0.25, 0.3) is 0 Å². The number of phenolic OH excluding ortho intramolecular Hbond substituents is 8. The molecule has 120 heavy (non-hydrogen) atoms. The first kappa shape index (κ1) is 61.5. The lowest BCUT2D eigenvalue weighted by molar-refractivity contribution is 0.414. The van der Waals surface area contributed by atoms with Crippen molar-refractivity contribution in [3.05, 3.63) is 240 Å². The van der Waals surface area contributed by atoms with Crippen LogP contribution in [0.2, 0.25) is 0 Å². The van der Waals surface area contributed by atoms with E-state index in [4.69, 9.17) is 35.6 Å². The van der Waals surface area contributed by atoms with Crippen molar-refractivity contribution in [3.8, 4) is 46.0 Å². The zero-order valence-corrected chi connectivity index (χ0v) is 69.2. The lowest BCUT2D eigenvalue weighted by Crippen LogP contribution is -2.14. The highest BCUT2D eigenvalue weighted by molar-refractivity contribution is 5.94. The van der Waals surface area contributed by atoms with E-state index in [0.717, 1.165) is 85.1 Å². The molecular formula is C96H128N16O8. The highest BCUT2D eigenvalue weighted by atomic mass is 16.3. The molecule has 0 aliphatic carbocycles. The molecule has 0 radical (unpaired) electrons. The van der Waals surface area contributed by atoms with Gasteiger partial charge in [-0.3, -0.25) is 0 Å². The van der Waals surface area contributed by atoms with Crippen molar-refractivity contribution in [1.29, 1.82) is 0 Å². The summed E-state index contributed by atoms with van der Waals surface area (Å²) in [4.78, 5) is 34.8. The molecule has 0 saturated carbocycles. The standard InChI is InChI=1S/8C12H16N2O/c8*1-14(2)7-6-9-8-13-10-4-3-5-11(15)12(9)10/h8*3-5,8,13,15H,6-7H2,1-2H3/i1D3,7D;2*1D3,6D2;2*1D3,6D;7D;6D2;6D. The Morgan fingerprint density at radius 2 is 0.408 bits per heavy atom. The van der Waals surface area contributed by atoms with Crippen LogP contribution < -0.4 is 0 Å². The van der Waals surface area contributed by atoms with Crippen molar-refractivity contribution in [2.45, 2.75) is 51.2 Å². The molecular weight excluding hydrogens is 1510 g/mol. The molecule has 0 fully saturated rings. The van der Waals surface area contributed by atoms with Crippen molar-refractivity contribution < 1.29 is 76.5 Å². The number of aromatic hydroxyl groups is 8. The summed E-state index contributed by atoms with van der Waals surface area (Å²) in [6, 6.07) is 40.9. The third-order valence-electron chi connectivity index (χ3n) is 18.4. The second kappa shape index (κ2) is 44.8. The van der Waals surface area contributed by atoms with Crippen LogP contribution in [-0.2, 0) is 51.2 Å². The van der Waals surface area contributed by atoms with Crippen LogP contribution in [0.4, 0.5) is 0 Å². The summed E-state index contributed by atoms with van der Waals surface area (Å²) < 4.78 is 198. The van der Waals surface area contributed by atoms with Gasteiger partial charge in [0.15, 0.2) is 0 Å². The molecule has 5 unspecified atom stereocenters. The summed E-state index contributed by atoms with van der Waals surface area (Å²) >= 11 is 0. The summed E-state index contributed by atoms with van der Waals surface area (Å²) in [7, 11) is 18.3. The molecule has 8 heterocycles. The van der Waals surface area contributed by atoms with Crippen molar-refractivity contribution in [2.75, 3.05) is 165 Å². The minimum atomic E-state index is -2.36. The quantitative estimate of drug-likeness (QED) is 0.0267. The van der Waals surface area contributed by atoms with Crippen LogP contribution in [0.25, 0.3) is 87.2 Å². The number of benzene rings is 8. The van der Waals surface area contributed by atoms with Gasteiger partial charge in [0.1, 0.15) is 46.0 Å². The van der Waals surface area contributed by atoms with Gasteiger partial charge in [-0.1, -0.05) is 48.5 Å². The van der Waals surface area contributed by atoms with Crippen molar-refractivity contribution in [3.63, 3.8) is 0 Å². The molecule has 0 amide bonds. The highest BCUT2D eigenvalue weighted by Crippen LogP contribution is 2.35. The minimum Gasteiger partial charge on any atom is -0.507 e. The van der Waals surface area contributed by atoms with Gasteiger partial charge in [0.05, 0.1) is 0 Å². The number of fused-ring (bicyclic) bond motifs is 8. The first-order chi connectivity index (χ1) is 67.8. The smallest absolute Gasteiger partial charge is 0.125 e. The van der Waals surface area contributed by atoms with Gasteiger partial charge in [0.2, 0.25) is 0 Å². The normalized spacial score (nSPS) is 16.8. The molecule has 0 aliphatic heterocycles. The summed E-state index contributed by atoms with van der Waals surface area (Å²) in [5.74, 6) is 0.909. The molecule has 8 aromatic heterocycles. The van der Waals surface area contributed by atoms with Crippen LogP contribution in [0.5, 0.6) is 46.0 Å². The number of nitrogens with one attached hydrogen (secondary N) is 8. The van der Waals surface area contributed by atoms with Gasteiger partial charge in [-0.15, -0.1) is 0 Å². The van der Waals surface area contributed by atoms with Gasteiger partial charge in [0, 0.05) is 225 Å². The number of rotatable bonds is 24. The zero-order chi connectivity index (χ0) is 109. The Labute approximate surface area is 742 Å². The van der Waals surface area contributed by atoms with E-state index in [1.807, 2.05) is 94.8 Å². The lowest BCUT2D eigenvalue weighted by Gasteiger charge is -2.08. The number of likely N-dealkylation sites (N-methyl/N-ethyl adjacent to an activating group) is 8. The Kier molecular flexibility index (Phi) is 23.0. The molecule has 16 N–H and O–H groups in total. The van der Waals surface area contributed by atoms with Crippen molar-refractivity contribution in [1.82, 2.24) is 79.1 Å². The molecule has 0 saturated heterocycles. The monoisotopic (exact) mass is 1660 g/mol. The van der Waals surface area contributed by atoms with E-state index in [1.54, 1.807) is 133 Å². The van der Waals surface area contributed by atoms with Crippen LogP contribution in [0.15, 0.2) is 195 Å². The molecule has 24 nitrogen and oxygen atoms in total. The molecule has 0 spiro atoms. The maximum atomic E-state index is 9.89. The number of aromatic amines is 8. The molecule has 24 heteroatoms.